The summed E-state index contributed by atoms with van der Waals surface area (Å²) in [6.45, 7) is 4.57. The van der Waals surface area contributed by atoms with E-state index in [0.717, 1.165) is 0 Å². The SMILES string of the molecule is CC(C)C1COc2cccc3c(=O)c(C(=O)O)cn1c23. The van der Waals surface area contributed by atoms with Crippen molar-refractivity contribution in [2.24, 2.45) is 5.92 Å². The van der Waals surface area contributed by atoms with E-state index in [-0.39, 0.29) is 17.5 Å². The lowest BCUT2D eigenvalue weighted by Crippen LogP contribution is -2.30. The molecule has 1 unspecified atom stereocenters. The van der Waals surface area contributed by atoms with Gasteiger partial charge in [0.1, 0.15) is 17.9 Å². The maximum absolute atomic E-state index is 12.2. The first kappa shape index (κ1) is 12.7. The zero-order valence-corrected chi connectivity index (χ0v) is 11.3. The smallest absolute Gasteiger partial charge is 0.341 e. The van der Waals surface area contributed by atoms with Crippen LogP contribution < -0.4 is 10.2 Å². The van der Waals surface area contributed by atoms with Crippen molar-refractivity contribution >= 4 is 16.9 Å². The predicted molar refractivity (Wildman–Crippen MR) is 74.5 cm³/mol. The van der Waals surface area contributed by atoms with Gasteiger partial charge in [0.15, 0.2) is 0 Å². The molecule has 1 N–H and O–H groups in total. The van der Waals surface area contributed by atoms with Crippen molar-refractivity contribution in [3.63, 3.8) is 0 Å². The lowest BCUT2D eigenvalue weighted by molar-refractivity contribution is 0.0694. The molecular formula is C15H15NO4. The molecule has 0 spiro atoms. The average Bonchev–Trinajstić information content (AvgIpc) is 2.41. The number of benzene rings is 1. The highest BCUT2D eigenvalue weighted by atomic mass is 16.5. The fourth-order valence-corrected chi connectivity index (χ4v) is 2.68. The Morgan fingerprint density at radius 3 is 2.85 bits per heavy atom. The maximum atomic E-state index is 12.2. The second kappa shape index (κ2) is 4.37. The van der Waals surface area contributed by atoms with Crippen LogP contribution in [0, 0.1) is 5.92 Å². The molecule has 1 atom stereocenters. The number of ether oxygens (including phenoxy) is 1. The Bertz CT molecular complexity index is 760. The van der Waals surface area contributed by atoms with Gasteiger partial charge in [0.2, 0.25) is 5.43 Å². The number of nitrogens with zero attached hydrogens (tertiary/aromatic N) is 1. The number of aromatic nitrogens is 1. The van der Waals surface area contributed by atoms with Gasteiger partial charge in [-0.15, -0.1) is 0 Å². The van der Waals surface area contributed by atoms with Crippen LogP contribution in [0.3, 0.4) is 0 Å². The lowest BCUT2D eigenvalue weighted by Gasteiger charge is -2.31. The first-order valence-corrected chi connectivity index (χ1v) is 6.54. The van der Waals surface area contributed by atoms with Gasteiger partial charge in [-0.1, -0.05) is 19.9 Å². The third-order valence-electron chi connectivity index (χ3n) is 3.78. The number of hydrogen-bond acceptors (Lipinski definition) is 3. The highest BCUT2D eigenvalue weighted by Gasteiger charge is 2.27. The molecule has 0 aliphatic carbocycles. The zero-order chi connectivity index (χ0) is 14.4. The second-order valence-corrected chi connectivity index (χ2v) is 5.36. The number of carbonyl (C=O) groups is 1. The second-order valence-electron chi connectivity index (χ2n) is 5.36. The van der Waals surface area contributed by atoms with Crippen LogP contribution in [-0.4, -0.2) is 22.2 Å². The Hall–Kier alpha value is -2.30. The molecule has 0 fully saturated rings. The minimum Gasteiger partial charge on any atom is -0.489 e. The first-order chi connectivity index (χ1) is 9.50. The topological polar surface area (TPSA) is 68.5 Å². The fraction of sp³-hybridized carbons (Fsp3) is 0.333. The third-order valence-corrected chi connectivity index (χ3v) is 3.78. The quantitative estimate of drug-likeness (QED) is 0.911. The molecule has 5 heteroatoms. The molecule has 1 aliphatic heterocycles. The van der Waals surface area contributed by atoms with Crippen LogP contribution in [0.4, 0.5) is 0 Å². The van der Waals surface area contributed by atoms with Gasteiger partial charge < -0.3 is 14.4 Å². The van der Waals surface area contributed by atoms with Gasteiger partial charge in [-0.25, -0.2) is 4.79 Å². The van der Waals surface area contributed by atoms with Gasteiger partial charge in [0, 0.05) is 6.20 Å². The number of rotatable bonds is 2. The Kier molecular flexibility index (Phi) is 2.78. The summed E-state index contributed by atoms with van der Waals surface area (Å²) in [5.41, 5.74) is 0.0354. The number of para-hydroxylation sites is 1. The van der Waals surface area contributed by atoms with Crippen LogP contribution in [0.1, 0.15) is 30.2 Å². The van der Waals surface area contributed by atoms with Gasteiger partial charge >= 0.3 is 5.97 Å². The van der Waals surface area contributed by atoms with Crippen LogP contribution in [0.5, 0.6) is 5.75 Å². The predicted octanol–water partition coefficient (Wildman–Crippen LogP) is 2.29. The highest BCUT2D eigenvalue weighted by Crippen LogP contribution is 2.34. The largest absolute Gasteiger partial charge is 0.489 e. The molecule has 20 heavy (non-hydrogen) atoms. The van der Waals surface area contributed by atoms with Crippen molar-refractivity contribution in [2.75, 3.05) is 6.61 Å². The summed E-state index contributed by atoms with van der Waals surface area (Å²) in [6, 6.07) is 5.18. The molecule has 3 rings (SSSR count). The molecule has 104 valence electrons. The molecule has 1 aromatic heterocycles. The van der Waals surface area contributed by atoms with Gasteiger partial charge in [0.25, 0.3) is 0 Å². The van der Waals surface area contributed by atoms with Gasteiger partial charge in [-0.05, 0) is 18.1 Å². The van der Waals surface area contributed by atoms with E-state index in [1.54, 1.807) is 18.2 Å². The highest BCUT2D eigenvalue weighted by molar-refractivity contribution is 5.94. The van der Waals surface area contributed by atoms with Gasteiger partial charge in [0.05, 0.1) is 16.9 Å². The summed E-state index contributed by atoms with van der Waals surface area (Å²) in [4.78, 5) is 23.5. The molecule has 0 radical (unpaired) electrons. The molecule has 1 aromatic carbocycles. The van der Waals surface area contributed by atoms with E-state index in [1.165, 1.54) is 6.20 Å². The Morgan fingerprint density at radius 2 is 2.20 bits per heavy atom. The van der Waals surface area contributed by atoms with Crippen LogP contribution in [-0.2, 0) is 0 Å². The third kappa shape index (κ3) is 1.70. The summed E-state index contributed by atoms with van der Waals surface area (Å²) in [5, 5.41) is 9.61. The molecule has 0 amide bonds. The van der Waals surface area contributed by atoms with Crippen LogP contribution in [0.25, 0.3) is 10.9 Å². The van der Waals surface area contributed by atoms with Crippen molar-refractivity contribution in [1.29, 1.82) is 0 Å². The standard InChI is InChI=1S/C15H15NO4/c1-8(2)11-7-20-12-5-3-4-9-13(12)16(11)6-10(14(9)17)15(18)19/h3-6,8,11H,7H2,1-2H3,(H,18,19). The van der Waals surface area contributed by atoms with E-state index >= 15 is 0 Å². The summed E-state index contributed by atoms with van der Waals surface area (Å²) >= 11 is 0. The summed E-state index contributed by atoms with van der Waals surface area (Å²) < 4.78 is 7.60. The van der Waals surface area contributed by atoms with E-state index in [0.29, 0.717) is 23.3 Å². The minimum atomic E-state index is -1.19. The minimum absolute atomic E-state index is 0.0195. The summed E-state index contributed by atoms with van der Waals surface area (Å²) in [7, 11) is 0. The number of aromatic carboxylic acids is 1. The Labute approximate surface area is 115 Å². The van der Waals surface area contributed by atoms with Crippen LogP contribution >= 0.6 is 0 Å². The molecular weight excluding hydrogens is 258 g/mol. The Morgan fingerprint density at radius 1 is 1.45 bits per heavy atom. The summed E-state index contributed by atoms with van der Waals surface area (Å²) in [5.74, 6) is -0.288. The molecule has 0 saturated heterocycles. The van der Waals surface area contributed by atoms with E-state index in [1.807, 2.05) is 18.4 Å². The zero-order valence-electron chi connectivity index (χ0n) is 11.3. The molecule has 0 bridgehead atoms. The van der Waals surface area contributed by atoms with E-state index in [9.17, 15) is 14.7 Å². The molecule has 0 saturated carbocycles. The molecule has 2 aromatic rings. The molecule has 1 aliphatic rings. The molecule has 2 heterocycles. The van der Waals surface area contributed by atoms with Crippen molar-refractivity contribution in [1.82, 2.24) is 4.57 Å². The number of carboxylic acid groups (broad SMARTS) is 1. The van der Waals surface area contributed by atoms with Gasteiger partial charge in [-0.2, -0.15) is 0 Å². The normalized spacial score (nSPS) is 17.2. The Balaban J connectivity index is 2.44. The number of pyridine rings is 1. The van der Waals surface area contributed by atoms with Crippen molar-refractivity contribution in [3.05, 3.63) is 40.2 Å². The van der Waals surface area contributed by atoms with Crippen molar-refractivity contribution in [2.45, 2.75) is 19.9 Å². The average molecular weight is 273 g/mol. The van der Waals surface area contributed by atoms with Crippen molar-refractivity contribution < 1.29 is 14.6 Å². The van der Waals surface area contributed by atoms with Gasteiger partial charge in [-0.3, -0.25) is 4.79 Å². The van der Waals surface area contributed by atoms with Crippen molar-refractivity contribution in [3.8, 4) is 5.75 Å². The number of carboxylic acids is 1. The summed E-state index contributed by atoms with van der Waals surface area (Å²) in [6.07, 6.45) is 1.45. The van der Waals surface area contributed by atoms with Crippen LogP contribution in [0.2, 0.25) is 0 Å². The lowest BCUT2D eigenvalue weighted by atomic mass is 10.0. The van der Waals surface area contributed by atoms with E-state index < -0.39 is 11.4 Å². The van der Waals surface area contributed by atoms with E-state index in [2.05, 4.69) is 0 Å². The number of hydrogen-bond donors (Lipinski definition) is 1. The van der Waals surface area contributed by atoms with E-state index in [4.69, 9.17) is 4.74 Å². The first-order valence-electron chi connectivity index (χ1n) is 6.54. The fourth-order valence-electron chi connectivity index (χ4n) is 2.68. The van der Waals surface area contributed by atoms with Crippen LogP contribution in [0.15, 0.2) is 29.2 Å². The monoisotopic (exact) mass is 273 g/mol. The molecule has 5 nitrogen and oxygen atoms in total. The maximum Gasteiger partial charge on any atom is 0.341 e.